The highest BCUT2D eigenvalue weighted by atomic mass is 16.1. The molecule has 0 atom stereocenters. The van der Waals surface area contributed by atoms with Gasteiger partial charge >= 0.3 is 0 Å². The largest absolute Gasteiger partial charge is 0.368 e. The average Bonchev–Trinajstić information content (AvgIpc) is 2.46. The lowest BCUT2D eigenvalue weighted by Crippen LogP contribution is -2.44. The summed E-state index contributed by atoms with van der Waals surface area (Å²) < 4.78 is 0. The SMILES string of the molecule is Cc1nc2cc[c]cc2c(N2CCNCC2)c1C(N)=O. The molecule has 1 aromatic heterocycles. The predicted molar refractivity (Wildman–Crippen MR) is 78.9 cm³/mol. The van der Waals surface area contributed by atoms with Crippen LogP contribution in [0.2, 0.25) is 0 Å². The van der Waals surface area contributed by atoms with Gasteiger partial charge < -0.3 is 16.0 Å². The molecule has 1 fully saturated rings. The Bertz CT molecular complexity index is 662. The third-order valence-corrected chi connectivity index (χ3v) is 3.66. The van der Waals surface area contributed by atoms with Gasteiger partial charge in [-0.1, -0.05) is 6.07 Å². The number of hydrogen-bond donors (Lipinski definition) is 2. The molecule has 0 aliphatic carbocycles. The van der Waals surface area contributed by atoms with Crippen LogP contribution in [0.3, 0.4) is 0 Å². The van der Waals surface area contributed by atoms with E-state index in [1.165, 1.54) is 0 Å². The van der Waals surface area contributed by atoms with Crippen molar-refractivity contribution < 1.29 is 4.79 Å². The first-order valence-corrected chi connectivity index (χ1v) is 6.74. The predicted octanol–water partition coefficient (Wildman–Crippen LogP) is 0.852. The van der Waals surface area contributed by atoms with E-state index in [4.69, 9.17) is 5.73 Å². The molecule has 1 saturated heterocycles. The minimum Gasteiger partial charge on any atom is -0.368 e. The van der Waals surface area contributed by atoms with Crippen molar-refractivity contribution in [1.82, 2.24) is 10.3 Å². The number of carbonyl (C=O) groups excluding carboxylic acids is 1. The fourth-order valence-electron chi connectivity index (χ4n) is 2.76. The van der Waals surface area contributed by atoms with Crippen LogP contribution in [0.5, 0.6) is 0 Å². The van der Waals surface area contributed by atoms with E-state index in [0.717, 1.165) is 42.8 Å². The van der Waals surface area contributed by atoms with Crippen LogP contribution in [-0.4, -0.2) is 37.1 Å². The molecule has 2 heterocycles. The first-order chi connectivity index (χ1) is 9.68. The number of hydrogen-bond acceptors (Lipinski definition) is 4. The van der Waals surface area contributed by atoms with Gasteiger partial charge in [0.2, 0.25) is 0 Å². The maximum atomic E-state index is 11.9. The molecule has 0 saturated carbocycles. The van der Waals surface area contributed by atoms with Gasteiger partial charge in [0.25, 0.3) is 5.91 Å². The highest BCUT2D eigenvalue weighted by Gasteiger charge is 2.22. The number of rotatable bonds is 2. The minimum atomic E-state index is -0.422. The van der Waals surface area contributed by atoms with Crippen molar-refractivity contribution in [3.8, 4) is 0 Å². The highest BCUT2D eigenvalue weighted by Crippen LogP contribution is 2.31. The summed E-state index contributed by atoms with van der Waals surface area (Å²) in [5.41, 5.74) is 8.57. The summed E-state index contributed by atoms with van der Waals surface area (Å²) >= 11 is 0. The summed E-state index contributed by atoms with van der Waals surface area (Å²) in [6, 6.07) is 8.70. The van der Waals surface area contributed by atoms with Gasteiger partial charge in [0, 0.05) is 31.6 Å². The fraction of sp³-hybridized carbons (Fsp3) is 0.333. The zero-order valence-corrected chi connectivity index (χ0v) is 11.4. The summed E-state index contributed by atoms with van der Waals surface area (Å²) in [5.74, 6) is -0.422. The van der Waals surface area contributed by atoms with Gasteiger partial charge in [0.1, 0.15) is 0 Å². The van der Waals surface area contributed by atoms with E-state index in [2.05, 4.69) is 21.3 Å². The zero-order valence-electron chi connectivity index (χ0n) is 11.4. The summed E-state index contributed by atoms with van der Waals surface area (Å²) in [7, 11) is 0. The number of carbonyl (C=O) groups is 1. The molecule has 5 nitrogen and oxygen atoms in total. The van der Waals surface area contributed by atoms with E-state index < -0.39 is 5.91 Å². The number of nitrogens with zero attached hydrogens (tertiary/aromatic N) is 2. The van der Waals surface area contributed by atoms with Gasteiger partial charge in [-0.25, -0.2) is 0 Å². The summed E-state index contributed by atoms with van der Waals surface area (Å²) in [5, 5.41) is 4.25. The lowest BCUT2D eigenvalue weighted by Gasteiger charge is -2.32. The molecule has 3 N–H and O–H groups in total. The minimum absolute atomic E-state index is 0.422. The summed E-state index contributed by atoms with van der Waals surface area (Å²) in [6.07, 6.45) is 0. The Balaban J connectivity index is 2.28. The number of nitrogens with one attached hydrogen (secondary N) is 1. The normalized spacial score (nSPS) is 15.6. The first kappa shape index (κ1) is 12.9. The van der Waals surface area contributed by atoms with Crippen molar-refractivity contribution in [1.29, 1.82) is 0 Å². The number of amides is 1. The molecule has 5 heteroatoms. The van der Waals surface area contributed by atoms with Gasteiger partial charge in [0.15, 0.2) is 0 Å². The number of nitrogens with two attached hydrogens (primary N) is 1. The maximum Gasteiger partial charge on any atom is 0.252 e. The molecular formula is C15H17N4O. The summed E-state index contributed by atoms with van der Waals surface area (Å²) in [6.45, 7) is 5.35. The lowest BCUT2D eigenvalue weighted by molar-refractivity contribution is 0.1000. The third-order valence-electron chi connectivity index (χ3n) is 3.66. The molecule has 20 heavy (non-hydrogen) atoms. The van der Waals surface area contributed by atoms with Crippen LogP contribution in [0, 0.1) is 13.0 Å². The van der Waals surface area contributed by atoms with Crippen LogP contribution in [0.4, 0.5) is 5.69 Å². The van der Waals surface area contributed by atoms with Gasteiger partial charge in [0.05, 0.1) is 22.5 Å². The van der Waals surface area contributed by atoms with E-state index in [1.807, 2.05) is 25.1 Å². The van der Waals surface area contributed by atoms with Gasteiger partial charge in [-0.05, 0) is 25.1 Å². The summed E-state index contributed by atoms with van der Waals surface area (Å²) in [4.78, 5) is 18.6. The molecule has 1 aromatic carbocycles. The average molecular weight is 269 g/mol. The number of aryl methyl sites for hydroxylation is 1. The van der Waals surface area contributed by atoms with Crippen molar-refractivity contribution in [3.05, 3.63) is 35.5 Å². The van der Waals surface area contributed by atoms with E-state index in [-0.39, 0.29) is 0 Å². The second-order valence-electron chi connectivity index (χ2n) is 4.97. The maximum absolute atomic E-state index is 11.9. The molecular weight excluding hydrogens is 252 g/mol. The fourth-order valence-corrected chi connectivity index (χ4v) is 2.76. The van der Waals surface area contributed by atoms with E-state index in [9.17, 15) is 4.79 Å². The molecule has 0 bridgehead atoms. The van der Waals surface area contributed by atoms with Crippen molar-refractivity contribution in [3.63, 3.8) is 0 Å². The molecule has 2 aromatic rings. The van der Waals surface area contributed by atoms with Crippen LogP contribution in [-0.2, 0) is 0 Å². The van der Waals surface area contributed by atoms with Crippen LogP contribution in [0.25, 0.3) is 10.9 Å². The number of piperazine rings is 1. The standard InChI is InChI=1S/C15H17N4O/c1-10-13(15(16)20)14(19-8-6-17-7-9-19)11-4-2-3-5-12(11)18-10/h3-5,17H,6-9H2,1H3,(H2,16,20). The number of aromatic nitrogens is 1. The molecule has 1 aliphatic heterocycles. The van der Waals surface area contributed by atoms with Gasteiger partial charge in [-0.3, -0.25) is 9.78 Å². The number of pyridine rings is 1. The van der Waals surface area contributed by atoms with Crippen LogP contribution < -0.4 is 16.0 Å². The second-order valence-corrected chi connectivity index (χ2v) is 4.97. The first-order valence-electron chi connectivity index (χ1n) is 6.74. The van der Waals surface area contributed by atoms with Crippen LogP contribution in [0.15, 0.2) is 18.2 Å². The van der Waals surface area contributed by atoms with Gasteiger partial charge in [-0.2, -0.15) is 0 Å². The lowest BCUT2D eigenvalue weighted by atomic mass is 10.0. The van der Waals surface area contributed by atoms with Crippen LogP contribution >= 0.6 is 0 Å². The Morgan fingerprint density at radius 2 is 2.20 bits per heavy atom. The molecule has 1 amide bonds. The van der Waals surface area contributed by atoms with E-state index in [1.54, 1.807) is 0 Å². The Labute approximate surface area is 117 Å². The molecule has 0 unspecified atom stereocenters. The van der Waals surface area contributed by atoms with Crippen molar-refractivity contribution in [2.45, 2.75) is 6.92 Å². The van der Waals surface area contributed by atoms with Gasteiger partial charge in [-0.15, -0.1) is 0 Å². The van der Waals surface area contributed by atoms with E-state index >= 15 is 0 Å². The number of primary amides is 1. The Morgan fingerprint density at radius 1 is 1.45 bits per heavy atom. The van der Waals surface area contributed by atoms with Crippen molar-refractivity contribution >= 4 is 22.5 Å². The molecule has 103 valence electrons. The Kier molecular flexibility index (Phi) is 3.28. The molecule has 1 aliphatic rings. The monoisotopic (exact) mass is 269 g/mol. The van der Waals surface area contributed by atoms with E-state index in [0.29, 0.717) is 11.3 Å². The second kappa shape index (κ2) is 5.09. The quantitative estimate of drug-likeness (QED) is 0.848. The molecule has 1 radical (unpaired) electrons. The third kappa shape index (κ3) is 2.10. The van der Waals surface area contributed by atoms with Crippen molar-refractivity contribution in [2.24, 2.45) is 5.73 Å². The van der Waals surface area contributed by atoms with Crippen LogP contribution in [0.1, 0.15) is 16.1 Å². The number of anilines is 1. The Morgan fingerprint density at radius 3 is 2.90 bits per heavy atom. The highest BCUT2D eigenvalue weighted by molar-refractivity contribution is 6.07. The van der Waals surface area contributed by atoms with Crippen molar-refractivity contribution in [2.75, 3.05) is 31.1 Å². The molecule has 0 spiro atoms. The number of benzene rings is 1. The Hall–Kier alpha value is -2.14. The number of fused-ring (bicyclic) bond motifs is 1. The molecule has 3 rings (SSSR count). The topological polar surface area (TPSA) is 71.2 Å². The zero-order chi connectivity index (χ0) is 14.1. The smallest absolute Gasteiger partial charge is 0.252 e.